The molecule has 20 heavy (non-hydrogen) atoms. The van der Waals surface area contributed by atoms with E-state index in [1.165, 1.54) is 36.0 Å². The molecule has 0 spiro atoms. The third-order valence-corrected chi connectivity index (χ3v) is 5.59. The molecular formula is C16H10BBrIN. The molecule has 0 aliphatic rings. The Hall–Kier alpha value is -1.01. The highest BCUT2D eigenvalue weighted by molar-refractivity contribution is 14.1. The van der Waals surface area contributed by atoms with Gasteiger partial charge in [-0.15, -0.1) is 0 Å². The summed E-state index contributed by atoms with van der Waals surface area (Å²) >= 11 is 6.07. The van der Waals surface area contributed by atoms with Crippen LogP contribution < -0.4 is 11.2 Å². The maximum absolute atomic E-state index is 6.23. The molecule has 4 rings (SSSR count). The van der Waals surface area contributed by atoms with E-state index in [0.29, 0.717) is 0 Å². The Morgan fingerprint density at radius 3 is 2.30 bits per heavy atom. The molecular weight excluding hydrogens is 424 g/mol. The van der Waals surface area contributed by atoms with Crippen LogP contribution in [0.15, 0.2) is 40.9 Å². The molecule has 0 heterocycles. The van der Waals surface area contributed by atoms with E-state index in [2.05, 4.69) is 82.8 Å². The lowest BCUT2D eigenvalue weighted by Crippen LogP contribution is -2.05. The molecule has 0 fully saturated rings. The first-order valence-corrected chi connectivity index (χ1v) is 8.26. The van der Waals surface area contributed by atoms with Gasteiger partial charge in [-0.2, -0.15) is 0 Å². The minimum absolute atomic E-state index is 0.855. The minimum Gasteiger partial charge on any atom is -0.398 e. The summed E-state index contributed by atoms with van der Waals surface area (Å²) in [6, 6.07) is 13.0. The largest absolute Gasteiger partial charge is 0.398 e. The third-order valence-electron chi connectivity index (χ3n) is 4.04. The average Bonchev–Trinajstić information content (AvgIpc) is 2.42. The SMILES string of the molecule is Bc1cc(Br)c2ccc3c(N)cc(I)c4ccc1c2c34. The second-order valence-corrected chi connectivity index (χ2v) is 7.21. The quantitative estimate of drug-likeness (QED) is 0.194. The molecule has 2 N–H and O–H groups in total. The Morgan fingerprint density at radius 1 is 0.900 bits per heavy atom. The highest BCUT2D eigenvalue weighted by Gasteiger charge is 2.14. The van der Waals surface area contributed by atoms with Crippen molar-refractivity contribution in [3.8, 4) is 0 Å². The summed E-state index contributed by atoms with van der Waals surface area (Å²) in [5.41, 5.74) is 8.37. The van der Waals surface area contributed by atoms with E-state index in [4.69, 9.17) is 5.73 Å². The molecule has 0 saturated carbocycles. The maximum Gasteiger partial charge on any atom is 0.140 e. The number of hydrogen-bond donors (Lipinski definition) is 1. The highest BCUT2D eigenvalue weighted by Crippen LogP contribution is 2.40. The van der Waals surface area contributed by atoms with Crippen molar-refractivity contribution >= 4 is 89.8 Å². The smallest absolute Gasteiger partial charge is 0.140 e. The first-order chi connectivity index (χ1) is 9.58. The van der Waals surface area contributed by atoms with Crippen LogP contribution in [0.2, 0.25) is 0 Å². The number of nitrogens with two attached hydrogens (primary N) is 1. The van der Waals surface area contributed by atoms with Gasteiger partial charge in [0, 0.05) is 24.5 Å². The lowest BCUT2D eigenvalue weighted by molar-refractivity contribution is 1.72. The number of benzene rings is 4. The summed E-state index contributed by atoms with van der Waals surface area (Å²) in [4.78, 5) is 0. The maximum atomic E-state index is 6.23. The normalized spacial score (nSPS) is 11.9. The molecule has 0 atom stereocenters. The van der Waals surface area contributed by atoms with Crippen LogP contribution in [0.1, 0.15) is 0 Å². The number of halogens is 2. The van der Waals surface area contributed by atoms with Crippen molar-refractivity contribution in [2.45, 2.75) is 0 Å². The van der Waals surface area contributed by atoms with E-state index in [1.54, 1.807) is 0 Å². The van der Waals surface area contributed by atoms with Gasteiger partial charge in [-0.1, -0.05) is 51.7 Å². The zero-order valence-electron chi connectivity index (χ0n) is 10.8. The van der Waals surface area contributed by atoms with Crippen LogP contribution in [0, 0.1) is 3.57 Å². The fourth-order valence-electron chi connectivity index (χ4n) is 3.10. The molecule has 0 saturated heterocycles. The van der Waals surface area contributed by atoms with Crippen LogP contribution in [0.25, 0.3) is 32.3 Å². The lowest BCUT2D eigenvalue weighted by atomic mass is 9.85. The molecule has 96 valence electrons. The van der Waals surface area contributed by atoms with Crippen LogP contribution >= 0.6 is 38.5 Å². The summed E-state index contributed by atoms with van der Waals surface area (Å²) in [7, 11) is 2.16. The Bertz CT molecular complexity index is 843. The van der Waals surface area contributed by atoms with Crippen molar-refractivity contribution in [3.63, 3.8) is 0 Å². The fraction of sp³-hybridized carbons (Fsp3) is 0. The van der Waals surface area contributed by atoms with Gasteiger partial charge in [0.25, 0.3) is 0 Å². The second kappa shape index (κ2) is 4.24. The van der Waals surface area contributed by atoms with Gasteiger partial charge < -0.3 is 5.73 Å². The minimum atomic E-state index is 0.855. The van der Waals surface area contributed by atoms with E-state index in [-0.39, 0.29) is 0 Å². The van der Waals surface area contributed by atoms with Crippen molar-refractivity contribution in [1.82, 2.24) is 0 Å². The first-order valence-electron chi connectivity index (χ1n) is 6.39. The van der Waals surface area contributed by atoms with Gasteiger partial charge in [0.1, 0.15) is 7.85 Å². The van der Waals surface area contributed by atoms with Crippen LogP contribution in [-0.4, -0.2) is 7.85 Å². The van der Waals surface area contributed by atoms with E-state index < -0.39 is 0 Å². The Morgan fingerprint density at radius 2 is 1.50 bits per heavy atom. The number of nitrogen functional groups attached to an aromatic ring is 1. The predicted molar refractivity (Wildman–Crippen MR) is 103 cm³/mol. The molecule has 0 amide bonds. The molecule has 0 unspecified atom stereocenters. The summed E-state index contributed by atoms with van der Waals surface area (Å²) in [5.74, 6) is 0. The predicted octanol–water partition coefficient (Wildman–Crippen LogP) is 3.79. The van der Waals surface area contributed by atoms with Crippen molar-refractivity contribution in [1.29, 1.82) is 0 Å². The van der Waals surface area contributed by atoms with Crippen LogP contribution in [0.3, 0.4) is 0 Å². The fourth-order valence-corrected chi connectivity index (χ4v) is 4.56. The van der Waals surface area contributed by atoms with Crippen molar-refractivity contribution in [3.05, 3.63) is 44.4 Å². The highest BCUT2D eigenvalue weighted by atomic mass is 127. The Balaban J connectivity index is 2.47. The number of hydrogen-bond acceptors (Lipinski definition) is 1. The monoisotopic (exact) mass is 433 g/mol. The van der Waals surface area contributed by atoms with Gasteiger partial charge in [0.05, 0.1) is 0 Å². The van der Waals surface area contributed by atoms with Crippen LogP contribution in [0.4, 0.5) is 5.69 Å². The summed E-state index contributed by atoms with van der Waals surface area (Å²) < 4.78 is 2.36. The van der Waals surface area contributed by atoms with Gasteiger partial charge in [0.2, 0.25) is 0 Å². The molecule has 4 aromatic rings. The van der Waals surface area contributed by atoms with E-state index in [1.807, 2.05) is 0 Å². The summed E-state index contributed by atoms with van der Waals surface area (Å²) in [5, 5.41) is 7.60. The van der Waals surface area contributed by atoms with Gasteiger partial charge in [-0.3, -0.25) is 0 Å². The molecule has 0 aliphatic carbocycles. The number of rotatable bonds is 0. The van der Waals surface area contributed by atoms with Crippen molar-refractivity contribution in [2.24, 2.45) is 0 Å². The molecule has 0 aliphatic heterocycles. The summed E-state index contributed by atoms with van der Waals surface area (Å²) in [6.07, 6.45) is 0. The zero-order valence-corrected chi connectivity index (χ0v) is 14.5. The lowest BCUT2D eigenvalue weighted by Gasteiger charge is -2.16. The summed E-state index contributed by atoms with van der Waals surface area (Å²) in [6.45, 7) is 0. The molecule has 0 aromatic heterocycles. The molecule has 4 aromatic carbocycles. The number of anilines is 1. The topological polar surface area (TPSA) is 26.0 Å². The zero-order chi connectivity index (χ0) is 14.0. The first kappa shape index (κ1) is 12.7. The molecule has 0 radical (unpaired) electrons. The standard InChI is InChI=1S/C16H10BBrIN/c17-11-5-12(18)8-2-4-10-14(20)6-13(19)9-3-1-7(11)15(8)16(9)10/h1-6H,17,20H2. The molecule has 4 heteroatoms. The third kappa shape index (κ3) is 1.55. The van der Waals surface area contributed by atoms with Crippen LogP contribution in [-0.2, 0) is 0 Å². The van der Waals surface area contributed by atoms with Gasteiger partial charge in [-0.05, 0) is 50.2 Å². The van der Waals surface area contributed by atoms with Gasteiger partial charge in [-0.25, -0.2) is 0 Å². The molecule has 1 nitrogen and oxygen atoms in total. The Labute approximate surface area is 139 Å². The molecule has 0 bridgehead atoms. The van der Waals surface area contributed by atoms with Gasteiger partial charge >= 0.3 is 0 Å². The van der Waals surface area contributed by atoms with E-state index in [9.17, 15) is 0 Å². The van der Waals surface area contributed by atoms with E-state index in [0.717, 1.165) is 15.5 Å². The average molecular weight is 434 g/mol. The van der Waals surface area contributed by atoms with Crippen molar-refractivity contribution in [2.75, 3.05) is 5.73 Å². The van der Waals surface area contributed by atoms with Crippen LogP contribution in [0.5, 0.6) is 0 Å². The van der Waals surface area contributed by atoms with Crippen molar-refractivity contribution < 1.29 is 0 Å². The van der Waals surface area contributed by atoms with E-state index >= 15 is 0 Å². The second-order valence-electron chi connectivity index (χ2n) is 5.19. The van der Waals surface area contributed by atoms with Gasteiger partial charge in [0.15, 0.2) is 0 Å². The Kier molecular flexibility index (Phi) is 2.70.